The van der Waals surface area contributed by atoms with Gasteiger partial charge in [0.2, 0.25) is 5.91 Å². The molecule has 0 spiro atoms. The number of rotatable bonds is 10. The van der Waals surface area contributed by atoms with Crippen LogP contribution in [-0.4, -0.2) is 44.4 Å². The summed E-state index contributed by atoms with van der Waals surface area (Å²) in [4.78, 5) is 12.8. The highest BCUT2D eigenvalue weighted by molar-refractivity contribution is 7.87. The number of hydrogen-bond donors (Lipinski definition) is 1. The van der Waals surface area contributed by atoms with Crippen LogP contribution < -0.4 is 10.1 Å². The summed E-state index contributed by atoms with van der Waals surface area (Å²) in [6, 6.07) is 17.1. The van der Waals surface area contributed by atoms with Crippen molar-refractivity contribution in [1.82, 2.24) is 9.78 Å². The molecule has 2 heterocycles. The average Bonchev–Trinajstić information content (AvgIpc) is 3.58. The van der Waals surface area contributed by atoms with Crippen LogP contribution in [0.4, 0.5) is 5.69 Å². The molecule has 0 saturated carbocycles. The maximum absolute atomic E-state index is 13.4. The van der Waals surface area contributed by atoms with E-state index in [1.54, 1.807) is 72.6 Å². The molecule has 1 aliphatic rings. The third kappa shape index (κ3) is 6.59. The molecular weight excluding hydrogens is 542 g/mol. The Kier molecular flexibility index (Phi) is 8.18. The zero-order valence-electron chi connectivity index (χ0n) is 21.3. The van der Waals surface area contributed by atoms with E-state index in [0.29, 0.717) is 64.2 Å². The summed E-state index contributed by atoms with van der Waals surface area (Å²) >= 11 is 6.20. The molecular formula is C28H28ClN3O6S. The van der Waals surface area contributed by atoms with Crippen molar-refractivity contribution in [2.45, 2.75) is 30.9 Å². The lowest BCUT2D eigenvalue weighted by atomic mass is 10.1. The first-order valence-corrected chi connectivity index (χ1v) is 14.2. The van der Waals surface area contributed by atoms with Gasteiger partial charge in [-0.05, 0) is 47.9 Å². The molecule has 3 aromatic carbocycles. The Morgan fingerprint density at radius 2 is 1.97 bits per heavy atom. The Hall–Kier alpha value is -3.44. The molecule has 39 heavy (non-hydrogen) atoms. The number of nitrogens with zero attached hydrogens (tertiary/aromatic N) is 2. The van der Waals surface area contributed by atoms with Gasteiger partial charge in [-0.3, -0.25) is 13.7 Å². The highest BCUT2D eigenvalue weighted by atomic mass is 35.5. The van der Waals surface area contributed by atoms with Crippen molar-refractivity contribution in [3.8, 4) is 5.75 Å². The normalized spacial score (nSPS) is 15.5. The van der Waals surface area contributed by atoms with Gasteiger partial charge in [0.05, 0.1) is 32.3 Å². The van der Waals surface area contributed by atoms with Crippen LogP contribution in [0, 0.1) is 5.92 Å². The van der Waals surface area contributed by atoms with Crippen molar-refractivity contribution >= 4 is 44.2 Å². The summed E-state index contributed by atoms with van der Waals surface area (Å²) in [5.74, 6) is 0.608. The summed E-state index contributed by atoms with van der Waals surface area (Å²) in [5.41, 5.74) is 2.05. The fourth-order valence-corrected chi connectivity index (χ4v) is 5.77. The number of methoxy groups -OCH3 is 1. The molecule has 1 unspecified atom stereocenters. The molecule has 4 aromatic rings. The number of anilines is 1. The quantitative estimate of drug-likeness (QED) is 0.273. The summed E-state index contributed by atoms with van der Waals surface area (Å²) in [6.45, 7) is 1.76. The number of amides is 1. The fourth-order valence-electron chi connectivity index (χ4n) is 4.46. The molecule has 1 fully saturated rings. The Balaban J connectivity index is 1.43. The number of carbonyl (C=O) groups is 1. The molecule has 9 nitrogen and oxygen atoms in total. The maximum atomic E-state index is 13.4. The molecule has 1 amide bonds. The highest BCUT2D eigenvalue weighted by Crippen LogP contribution is 2.30. The molecule has 1 N–H and O–H groups in total. The van der Waals surface area contributed by atoms with Gasteiger partial charge >= 0.3 is 0 Å². The smallest absolute Gasteiger partial charge is 0.298 e. The maximum Gasteiger partial charge on any atom is 0.298 e. The lowest BCUT2D eigenvalue weighted by Gasteiger charge is -2.11. The zero-order chi connectivity index (χ0) is 27.4. The van der Waals surface area contributed by atoms with E-state index in [-0.39, 0.29) is 23.8 Å². The Labute approximate surface area is 231 Å². The minimum absolute atomic E-state index is 0.0316. The van der Waals surface area contributed by atoms with E-state index >= 15 is 0 Å². The molecule has 1 atom stereocenters. The zero-order valence-corrected chi connectivity index (χ0v) is 22.9. The Morgan fingerprint density at radius 1 is 1.18 bits per heavy atom. The number of carbonyl (C=O) groups excluding carboxylic acids is 1. The predicted molar refractivity (Wildman–Crippen MR) is 147 cm³/mol. The van der Waals surface area contributed by atoms with Gasteiger partial charge in [0, 0.05) is 41.4 Å². The second kappa shape index (κ2) is 11.7. The molecule has 5 rings (SSSR count). The van der Waals surface area contributed by atoms with Crippen molar-refractivity contribution in [1.29, 1.82) is 0 Å². The van der Waals surface area contributed by atoms with Crippen LogP contribution in [-0.2, 0) is 43.4 Å². The fraction of sp³-hybridized carbons (Fsp3) is 0.286. The topological polar surface area (TPSA) is 109 Å². The van der Waals surface area contributed by atoms with Crippen molar-refractivity contribution < 1.29 is 26.9 Å². The third-order valence-corrected chi connectivity index (χ3v) is 8.18. The third-order valence-electron chi connectivity index (χ3n) is 6.51. The lowest BCUT2D eigenvalue weighted by Crippen LogP contribution is -2.15. The first-order valence-electron chi connectivity index (χ1n) is 12.5. The Bertz CT molecular complexity index is 1580. The number of nitrogens with one attached hydrogen (secondary N) is 1. The molecule has 1 aromatic heterocycles. The number of halogens is 1. The SMILES string of the molecule is COc1ccc(COS(=O)(=O)c2cc(NC(=O)Cc3ccccc3Cl)cc3nn(CC4CCOC4)cc23)cc1. The van der Waals surface area contributed by atoms with E-state index in [0.717, 1.165) is 6.42 Å². The van der Waals surface area contributed by atoms with Crippen molar-refractivity contribution in [3.63, 3.8) is 0 Å². The molecule has 0 bridgehead atoms. The van der Waals surface area contributed by atoms with E-state index in [2.05, 4.69) is 10.4 Å². The standard InChI is InChI=1S/C28H28ClN3O6S/c1-36-23-8-6-19(7-9-23)18-38-39(34,35)27-14-22(30-28(33)12-21-4-2-3-5-25(21)29)13-26-24(27)16-32(31-26)15-20-10-11-37-17-20/h2-9,13-14,16,20H,10-12,15,17-18H2,1H3,(H,30,33). The van der Waals surface area contributed by atoms with Crippen LogP contribution >= 0.6 is 11.6 Å². The van der Waals surface area contributed by atoms with Crippen molar-refractivity contribution in [2.75, 3.05) is 25.6 Å². The van der Waals surface area contributed by atoms with Gasteiger partial charge in [-0.15, -0.1) is 0 Å². The van der Waals surface area contributed by atoms with Gasteiger partial charge in [0.25, 0.3) is 10.1 Å². The minimum Gasteiger partial charge on any atom is -0.497 e. The van der Waals surface area contributed by atoms with Crippen LogP contribution in [0.15, 0.2) is 71.8 Å². The van der Waals surface area contributed by atoms with Gasteiger partial charge < -0.3 is 14.8 Å². The lowest BCUT2D eigenvalue weighted by molar-refractivity contribution is -0.115. The number of aromatic nitrogens is 2. The number of benzene rings is 3. The first kappa shape index (κ1) is 27.1. The van der Waals surface area contributed by atoms with Crippen LogP contribution in [0.3, 0.4) is 0 Å². The molecule has 204 valence electrons. The van der Waals surface area contributed by atoms with E-state index in [1.165, 1.54) is 6.07 Å². The van der Waals surface area contributed by atoms with Gasteiger partial charge in [0.15, 0.2) is 0 Å². The molecule has 1 saturated heterocycles. The molecule has 0 radical (unpaired) electrons. The van der Waals surface area contributed by atoms with Crippen molar-refractivity contribution in [2.24, 2.45) is 5.92 Å². The van der Waals surface area contributed by atoms with Gasteiger partial charge in [-0.1, -0.05) is 41.9 Å². The second-order valence-electron chi connectivity index (χ2n) is 9.37. The van der Waals surface area contributed by atoms with E-state index < -0.39 is 10.1 Å². The number of fused-ring (bicyclic) bond motifs is 1. The van der Waals surface area contributed by atoms with Crippen LogP contribution in [0.5, 0.6) is 5.75 Å². The summed E-state index contributed by atoms with van der Waals surface area (Å²) in [5, 5.41) is 8.29. The van der Waals surface area contributed by atoms with Gasteiger partial charge in [-0.2, -0.15) is 13.5 Å². The Morgan fingerprint density at radius 3 is 2.69 bits per heavy atom. The number of ether oxygens (including phenoxy) is 2. The average molecular weight is 570 g/mol. The minimum atomic E-state index is -4.22. The molecule has 1 aliphatic heterocycles. The van der Waals surface area contributed by atoms with Gasteiger partial charge in [-0.25, -0.2) is 0 Å². The van der Waals surface area contributed by atoms with Crippen LogP contribution in [0.25, 0.3) is 10.9 Å². The first-order chi connectivity index (χ1) is 18.8. The summed E-state index contributed by atoms with van der Waals surface area (Å²) in [7, 11) is -2.66. The predicted octanol–water partition coefficient (Wildman–Crippen LogP) is 4.82. The van der Waals surface area contributed by atoms with E-state index in [4.69, 9.17) is 25.3 Å². The monoisotopic (exact) mass is 569 g/mol. The highest BCUT2D eigenvalue weighted by Gasteiger charge is 2.24. The van der Waals surface area contributed by atoms with Gasteiger partial charge in [0.1, 0.15) is 10.6 Å². The van der Waals surface area contributed by atoms with Crippen LogP contribution in [0.1, 0.15) is 17.5 Å². The number of hydrogen-bond acceptors (Lipinski definition) is 7. The van der Waals surface area contributed by atoms with Crippen molar-refractivity contribution in [3.05, 3.63) is 83.0 Å². The summed E-state index contributed by atoms with van der Waals surface area (Å²) < 4.78 is 44.7. The van der Waals surface area contributed by atoms with E-state index in [9.17, 15) is 13.2 Å². The molecule has 0 aliphatic carbocycles. The second-order valence-corrected chi connectivity index (χ2v) is 11.4. The largest absolute Gasteiger partial charge is 0.497 e. The van der Waals surface area contributed by atoms with E-state index in [1.807, 2.05) is 0 Å². The summed E-state index contributed by atoms with van der Waals surface area (Å²) in [6.07, 6.45) is 2.65. The van der Waals surface area contributed by atoms with Crippen LogP contribution in [0.2, 0.25) is 5.02 Å². The molecule has 11 heteroatoms.